The summed E-state index contributed by atoms with van der Waals surface area (Å²) < 4.78 is 16.9. The van der Waals surface area contributed by atoms with Crippen LogP contribution >= 0.6 is 0 Å². The molecule has 0 bridgehead atoms. The molecule has 2 aliphatic rings. The number of amides is 5. The number of aliphatic hydroxyl groups excluding tert-OH is 6. The van der Waals surface area contributed by atoms with Crippen LogP contribution < -0.4 is 32.1 Å². The zero-order valence-corrected chi connectivity index (χ0v) is 32.8. The maximum Gasteiger partial charge on any atom is 0.246 e. The zero-order chi connectivity index (χ0) is 42.2. The van der Waals surface area contributed by atoms with Gasteiger partial charge in [0.1, 0.15) is 48.7 Å². The third-order valence-electron chi connectivity index (χ3n) is 9.66. The lowest BCUT2D eigenvalue weighted by atomic mass is 9.83. The Kier molecular flexibility index (Phi) is 21.0. The fourth-order valence-electron chi connectivity index (χ4n) is 6.59. The third kappa shape index (κ3) is 15.3. The summed E-state index contributed by atoms with van der Waals surface area (Å²) in [5.41, 5.74) is 1.21. The quantitative estimate of drug-likeness (QED) is 0.0342. The lowest BCUT2D eigenvalue weighted by Crippen LogP contribution is -2.65. The van der Waals surface area contributed by atoms with Crippen LogP contribution in [0.4, 0.5) is 0 Å². The normalized spacial score (nSPS) is 29.9. The van der Waals surface area contributed by atoms with Crippen molar-refractivity contribution in [1.29, 1.82) is 0 Å². The van der Waals surface area contributed by atoms with E-state index in [1.165, 1.54) is 6.92 Å². The van der Waals surface area contributed by atoms with E-state index in [1.54, 1.807) is 27.8 Å². The van der Waals surface area contributed by atoms with E-state index in [-0.39, 0.29) is 56.8 Å². The fraction of sp³-hybridized carbons (Fsp3) is 0.853. The van der Waals surface area contributed by atoms with Crippen LogP contribution in [0.1, 0.15) is 79.6 Å². The van der Waals surface area contributed by atoms with Crippen LogP contribution in [0.25, 0.3) is 0 Å². The average molecular weight is 811 g/mol. The molecule has 22 nitrogen and oxygen atoms in total. The number of nitrogens with one attached hydrogen (secondary N) is 6. The van der Waals surface area contributed by atoms with Crippen LogP contribution in [-0.4, -0.2) is 166 Å². The Morgan fingerprint density at radius 3 is 1.70 bits per heavy atom. The SMILES string of the molecule is CCNC(=O)CCC(CCC(=O)NOOC1OC(CO)C(O)C(O)C1NC(C)=O)(CCC(=O)NC(C)CC(C)OC1OC(CO)C(O)C(O)C1NC(C)=O)NC. The number of hydrogen-bond acceptors (Lipinski definition) is 17. The molecule has 12 N–H and O–H groups in total. The van der Waals surface area contributed by atoms with E-state index in [2.05, 4.69) is 32.1 Å². The van der Waals surface area contributed by atoms with Gasteiger partial charge in [0, 0.05) is 51.2 Å². The van der Waals surface area contributed by atoms with Gasteiger partial charge < -0.3 is 71.4 Å². The number of rotatable bonds is 23. The minimum atomic E-state index is -1.60. The first kappa shape index (κ1) is 49.0. The van der Waals surface area contributed by atoms with Crippen molar-refractivity contribution >= 4 is 29.5 Å². The summed E-state index contributed by atoms with van der Waals surface area (Å²) in [5.74, 6) is -2.30. The Labute approximate surface area is 325 Å². The molecule has 0 spiro atoms. The summed E-state index contributed by atoms with van der Waals surface area (Å²) in [6, 6.07) is -2.86. The molecule has 22 heteroatoms. The summed E-state index contributed by atoms with van der Waals surface area (Å²) in [6.45, 7) is 6.74. The lowest BCUT2D eigenvalue weighted by molar-refractivity contribution is -0.429. The first-order valence-electron chi connectivity index (χ1n) is 18.7. The topological polar surface area (TPSA) is 325 Å². The number of hydroxylamine groups is 1. The monoisotopic (exact) mass is 810 g/mol. The molecular formula is C34H62N6O16. The summed E-state index contributed by atoms with van der Waals surface area (Å²) >= 11 is 0. The van der Waals surface area contributed by atoms with Gasteiger partial charge in [-0.3, -0.25) is 24.0 Å². The highest BCUT2D eigenvalue weighted by atomic mass is 17.3. The predicted octanol–water partition coefficient (Wildman–Crippen LogP) is -4.41. The minimum absolute atomic E-state index is 0.000590. The largest absolute Gasteiger partial charge is 0.394 e. The van der Waals surface area contributed by atoms with E-state index in [0.717, 1.165) is 6.92 Å². The van der Waals surface area contributed by atoms with Crippen LogP contribution in [0, 0.1) is 0 Å². The van der Waals surface area contributed by atoms with Crippen LogP contribution in [0.2, 0.25) is 0 Å². The van der Waals surface area contributed by atoms with E-state index in [4.69, 9.17) is 24.1 Å². The van der Waals surface area contributed by atoms with Gasteiger partial charge in [-0.15, -0.1) is 4.99 Å². The van der Waals surface area contributed by atoms with Gasteiger partial charge in [-0.05, 0) is 53.5 Å². The van der Waals surface area contributed by atoms with Gasteiger partial charge in [-0.2, -0.15) is 4.89 Å². The van der Waals surface area contributed by atoms with Crippen molar-refractivity contribution < 1.29 is 78.7 Å². The van der Waals surface area contributed by atoms with Gasteiger partial charge in [-0.25, -0.2) is 5.48 Å². The zero-order valence-electron chi connectivity index (χ0n) is 32.8. The molecule has 5 amide bonds. The van der Waals surface area contributed by atoms with E-state index in [9.17, 15) is 54.6 Å². The molecule has 56 heavy (non-hydrogen) atoms. The van der Waals surface area contributed by atoms with Gasteiger partial charge in [0.25, 0.3) is 0 Å². The van der Waals surface area contributed by atoms with Gasteiger partial charge >= 0.3 is 0 Å². The second kappa shape index (κ2) is 23.9. The highest BCUT2D eigenvalue weighted by Gasteiger charge is 2.47. The Balaban J connectivity index is 1.99. The fourth-order valence-corrected chi connectivity index (χ4v) is 6.59. The van der Waals surface area contributed by atoms with Crippen molar-refractivity contribution in [2.24, 2.45) is 0 Å². The summed E-state index contributed by atoms with van der Waals surface area (Å²) in [4.78, 5) is 71.7. The third-order valence-corrected chi connectivity index (χ3v) is 9.66. The maximum absolute atomic E-state index is 13.2. The van der Waals surface area contributed by atoms with Crippen LogP contribution in [0.3, 0.4) is 0 Å². The summed E-state index contributed by atoms with van der Waals surface area (Å²) in [7, 11) is 1.65. The lowest BCUT2D eigenvalue weighted by Gasteiger charge is -2.43. The number of hydrogen-bond donors (Lipinski definition) is 12. The predicted molar refractivity (Wildman–Crippen MR) is 192 cm³/mol. The Hall–Kier alpha value is -3.13. The smallest absolute Gasteiger partial charge is 0.246 e. The molecule has 0 aromatic heterocycles. The van der Waals surface area contributed by atoms with E-state index < -0.39 is 110 Å². The number of aliphatic hydroxyl groups is 6. The molecule has 0 radical (unpaired) electrons. The molecule has 2 saturated heterocycles. The van der Waals surface area contributed by atoms with Gasteiger partial charge in [0.2, 0.25) is 35.8 Å². The van der Waals surface area contributed by atoms with Crippen LogP contribution in [0.5, 0.6) is 0 Å². The van der Waals surface area contributed by atoms with E-state index >= 15 is 0 Å². The average Bonchev–Trinajstić information content (AvgIpc) is 3.13. The summed E-state index contributed by atoms with van der Waals surface area (Å²) in [5, 5.41) is 74.1. The molecule has 0 aromatic rings. The van der Waals surface area contributed by atoms with E-state index in [0.29, 0.717) is 6.54 Å². The van der Waals surface area contributed by atoms with Gasteiger partial charge in [0.05, 0.1) is 19.3 Å². The molecule has 2 rings (SSSR count). The number of ether oxygens (including phenoxy) is 3. The first-order chi connectivity index (χ1) is 26.4. The highest BCUT2D eigenvalue weighted by Crippen LogP contribution is 2.27. The Morgan fingerprint density at radius 1 is 0.732 bits per heavy atom. The molecule has 0 aromatic carbocycles. The van der Waals surface area contributed by atoms with Crippen molar-refractivity contribution in [2.75, 3.05) is 26.8 Å². The molecule has 2 fully saturated rings. The van der Waals surface area contributed by atoms with Gasteiger partial charge in [-0.1, -0.05) is 0 Å². The highest BCUT2D eigenvalue weighted by molar-refractivity contribution is 5.77. The number of carbonyl (C=O) groups excluding carboxylic acids is 5. The maximum atomic E-state index is 13.2. The molecule has 13 atom stereocenters. The number of carbonyl (C=O) groups is 5. The van der Waals surface area contributed by atoms with Crippen LogP contribution in [0.15, 0.2) is 0 Å². The first-order valence-corrected chi connectivity index (χ1v) is 18.7. The van der Waals surface area contributed by atoms with Crippen molar-refractivity contribution in [2.45, 2.75) is 159 Å². The van der Waals surface area contributed by atoms with Crippen LogP contribution in [-0.2, 0) is 48.1 Å². The van der Waals surface area contributed by atoms with Crippen molar-refractivity contribution in [3.63, 3.8) is 0 Å². The standard InChI is InChI=1S/C34H62N6O16/c1-7-36-23(45)8-11-34(35-6,13-10-25(47)40-56-55-33-27(39-20(5)44)31(51)29(49)22(16-42)54-33)12-9-24(46)37-17(2)14-18(3)52-32-26(38-19(4)43)30(50)28(48)21(15-41)53-32/h17-18,21-22,26-33,35,41-42,48-51H,7-16H2,1-6H3,(H,36,45)(H,37,46)(H,38,43)(H,39,44)(H,40,47). The summed E-state index contributed by atoms with van der Waals surface area (Å²) in [6.07, 6.45) is -11.0. The van der Waals surface area contributed by atoms with E-state index in [1.807, 2.05) is 0 Å². The molecular weight excluding hydrogens is 748 g/mol. The second-order valence-electron chi connectivity index (χ2n) is 14.2. The molecule has 2 heterocycles. The molecule has 2 aliphatic heterocycles. The second-order valence-corrected chi connectivity index (χ2v) is 14.2. The Bertz CT molecular complexity index is 1270. The molecule has 324 valence electrons. The Morgan fingerprint density at radius 2 is 1.21 bits per heavy atom. The molecule has 0 aliphatic carbocycles. The molecule has 0 saturated carbocycles. The van der Waals surface area contributed by atoms with Crippen molar-refractivity contribution in [3.8, 4) is 0 Å². The molecule has 13 unspecified atom stereocenters. The van der Waals surface area contributed by atoms with Crippen molar-refractivity contribution in [1.82, 2.24) is 32.1 Å². The minimum Gasteiger partial charge on any atom is -0.394 e. The van der Waals surface area contributed by atoms with Gasteiger partial charge in [0.15, 0.2) is 6.29 Å². The van der Waals surface area contributed by atoms with Crippen molar-refractivity contribution in [3.05, 3.63) is 0 Å².